The Morgan fingerprint density at radius 1 is 1.44 bits per heavy atom. The van der Waals surface area contributed by atoms with Gasteiger partial charge in [-0.25, -0.2) is 0 Å². The molecule has 1 saturated heterocycles. The van der Waals surface area contributed by atoms with Gasteiger partial charge in [0.2, 0.25) is 0 Å². The van der Waals surface area contributed by atoms with Crippen LogP contribution in [-0.2, 0) is 10.2 Å². The van der Waals surface area contributed by atoms with Gasteiger partial charge in [-0.2, -0.15) is 0 Å². The van der Waals surface area contributed by atoms with Crippen LogP contribution in [0.4, 0.5) is 0 Å². The van der Waals surface area contributed by atoms with E-state index < -0.39 is 0 Å². The molecule has 1 fully saturated rings. The number of benzene rings is 1. The zero-order valence-electron chi connectivity index (χ0n) is 9.77. The summed E-state index contributed by atoms with van der Waals surface area (Å²) < 4.78 is 10.8. The molecule has 1 aliphatic rings. The molecule has 0 bridgehead atoms. The summed E-state index contributed by atoms with van der Waals surface area (Å²) in [5.41, 5.74) is 0.864. The SMILES string of the molecule is CC(C)(CO)c1cccc(OC2COC2)c1. The highest BCUT2D eigenvalue weighted by Gasteiger charge is 2.22. The summed E-state index contributed by atoms with van der Waals surface area (Å²) >= 11 is 0. The molecule has 16 heavy (non-hydrogen) atoms. The molecular formula is C13H18O3. The monoisotopic (exact) mass is 222 g/mol. The minimum absolute atomic E-state index is 0.128. The lowest BCUT2D eigenvalue weighted by Crippen LogP contribution is -2.38. The van der Waals surface area contributed by atoms with Crippen LogP contribution in [0.1, 0.15) is 19.4 Å². The third-order valence-electron chi connectivity index (χ3n) is 2.92. The second-order valence-corrected chi connectivity index (χ2v) is 4.85. The minimum atomic E-state index is -0.227. The van der Waals surface area contributed by atoms with Crippen molar-refractivity contribution < 1.29 is 14.6 Å². The Labute approximate surface area is 96.0 Å². The van der Waals surface area contributed by atoms with Gasteiger partial charge in [0.25, 0.3) is 0 Å². The highest BCUT2D eigenvalue weighted by molar-refractivity contribution is 5.33. The van der Waals surface area contributed by atoms with E-state index in [1.807, 2.05) is 38.1 Å². The van der Waals surface area contributed by atoms with Crippen molar-refractivity contribution in [1.29, 1.82) is 0 Å². The number of hydrogen-bond donors (Lipinski definition) is 1. The standard InChI is InChI=1S/C13H18O3/c1-13(2,9-14)10-4-3-5-11(6-10)16-12-7-15-8-12/h3-6,12,14H,7-9H2,1-2H3. The third-order valence-corrected chi connectivity index (χ3v) is 2.92. The van der Waals surface area contributed by atoms with Crippen molar-refractivity contribution >= 4 is 0 Å². The van der Waals surface area contributed by atoms with Crippen LogP contribution in [0, 0.1) is 0 Å². The van der Waals surface area contributed by atoms with E-state index >= 15 is 0 Å². The van der Waals surface area contributed by atoms with Gasteiger partial charge in [-0.15, -0.1) is 0 Å². The molecule has 0 aliphatic carbocycles. The average molecular weight is 222 g/mol. The Bertz CT molecular complexity index is 356. The number of ether oxygens (including phenoxy) is 2. The molecule has 0 atom stereocenters. The predicted molar refractivity (Wildman–Crippen MR) is 61.8 cm³/mol. The molecule has 0 radical (unpaired) electrons. The van der Waals surface area contributed by atoms with E-state index in [-0.39, 0.29) is 18.1 Å². The van der Waals surface area contributed by atoms with E-state index in [0.29, 0.717) is 13.2 Å². The number of aliphatic hydroxyl groups is 1. The Morgan fingerprint density at radius 2 is 2.19 bits per heavy atom. The molecule has 1 aromatic carbocycles. The van der Waals surface area contributed by atoms with E-state index in [4.69, 9.17) is 9.47 Å². The van der Waals surface area contributed by atoms with Crippen molar-refractivity contribution in [2.75, 3.05) is 19.8 Å². The zero-order valence-corrected chi connectivity index (χ0v) is 9.77. The summed E-state index contributed by atoms with van der Waals surface area (Å²) in [5.74, 6) is 0.854. The molecule has 0 aromatic heterocycles. The van der Waals surface area contributed by atoms with Crippen molar-refractivity contribution in [3.05, 3.63) is 29.8 Å². The zero-order chi connectivity index (χ0) is 11.6. The summed E-state index contributed by atoms with van der Waals surface area (Å²) in [6, 6.07) is 7.91. The van der Waals surface area contributed by atoms with Gasteiger partial charge in [-0.1, -0.05) is 26.0 Å². The molecule has 1 heterocycles. The van der Waals surface area contributed by atoms with E-state index in [1.54, 1.807) is 0 Å². The minimum Gasteiger partial charge on any atom is -0.486 e. The van der Waals surface area contributed by atoms with Crippen molar-refractivity contribution in [3.8, 4) is 5.75 Å². The maximum absolute atomic E-state index is 9.32. The lowest BCUT2D eigenvalue weighted by atomic mass is 9.85. The lowest BCUT2D eigenvalue weighted by Gasteiger charge is -2.28. The molecule has 2 rings (SSSR count). The highest BCUT2D eigenvalue weighted by atomic mass is 16.6. The molecule has 3 heteroatoms. The molecular weight excluding hydrogens is 204 g/mol. The highest BCUT2D eigenvalue weighted by Crippen LogP contribution is 2.26. The summed E-state index contributed by atoms with van der Waals surface area (Å²) in [4.78, 5) is 0. The molecule has 0 saturated carbocycles. The largest absolute Gasteiger partial charge is 0.486 e. The van der Waals surface area contributed by atoms with Crippen LogP contribution in [0.5, 0.6) is 5.75 Å². The first-order valence-electron chi connectivity index (χ1n) is 5.57. The smallest absolute Gasteiger partial charge is 0.145 e. The van der Waals surface area contributed by atoms with Crippen LogP contribution in [0.25, 0.3) is 0 Å². The summed E-state index contributed by atoms with van der Waals surface area (Å²) in [6.45, 7) is 5.50. The van der Waals surface area contributed by atoms with Gasteiger partial charge < -0.3 is 14.6 Å². The second kappa shape index (κ2) is 4.44. The predicted octanol–water partition coefficient (Wildman–Crippen LogP) is 1.73. The summed E-state index contributed by atoms with van der Waals surface area (Å²) in [7, 11) is 0. The van der Waals surface area contributed by atoms with Crippen molar-refractivity contribution in [2.24, 2.45) is 0 Å². The molecule has 1 N–H and O–H groups in total. The van der Waals surface area contributed by atoms with E-state index in [1.165, 1.54) is 0 Å². The van der Waals surface area contributed by atoms with Crippen molar-refractivity contribution in [2.45, 2.75) is 25.4 Å². The topological polar surface area (TPSA) is 38.7 Å². The average Bonchev–Trinajstić information content (AvgIpc) is 2.24. The quantitative estimate of drug-likeness (QED) is 0.843. The number of hydrogen-bond acceptors (Lipinski definition) is 3. The van der Waals surface area contributed by atoms with Gasteiger partial charge in [0.05, 0.1) is 19.8 Å². The number of aliphatic hydroxyl groups excluding tert-OH is 1. The van der Waals surface area contributed by atoms with E-state index in [0.717, 1.165) is 11.3 Å². The molecule has 88 valence electrons. The first-order valence-corrected chi connectivity index (χ1v) is 5.57. The van der Waals surface area contributed by atoms with Crippen LogP contribution in [0.15, 0.2) is 24.3 Å². The van der Waals surface area contributed by atoms with Crippen LogP contribution in [0.3, 0.4) is 0 Å². The fourth-order valence-electron chi connectivity index (χ4n) is 1.56. The van der Waals surface area contributed by atoms with Gasteiger partial charge in [0, 0.05) is 5.41 Å². The fraction of sp³-hybridized carbons (Fsp3) is 0.538. The first-order chi connectivity index (χ1) is 7.62. The van der Waals surface area contributed by atoms with Crippen LogP contribution < -0.4 is 4.74 Å². The summed E-state index contributed by atoms with van der Waals surface area (Å²) in [5, 5.41) is 9.32. The van der Waals surface area contributed by atoms with Crippen molar-refractivity contribution in [1.82, 2.24) is 0 Å². The Balaban J connectivity index is 2.12. The van der Waals surface area contributed by atoms with Gasteiger partial charge in [0.1, 0.15) is 11.9 Å². The van der Waals surface area contributed by atoms with Crippen molar-refractivity contribution in [3.63, 3.8) is 0 Å². The third kappa shape index (κ3) is 2.36. The summed E-state index contributed by atoms with van der Waals surface area (Å²) in [6.07, 6.45) is 0.187. The van der Waals surface area contributed by atoms with Gasteiger partial charge in [-0.3, -0.25) is 0 Å². The molecule has 1 aliphatic heterocycles. The maximum Gasteiger partial charge on any atom is 0.145 e. The van der Waals surface area contributed by atoms with Crippen LogP contribution >= 0.6 is 0 Å². The second-order valence-electron chi connectivity index (χ2n) is 4.85. The Kier molecular flexibility index (Phi) is 3.17. The molecule has 0 amide bonds. The van der Waals surface area contributed by atoms with Gasteiger partial charge in [0.15, 0.2) is 0 Å². The van der Waals surface area contributed by atoms with Gasteiger partial charge in [-0.05, 0) is 17.7 Å². The lowest BCUT2D eigenvalue weighted by molar-refractivity contribution is -0.0797. The van der Waals surface area contributed by atoms with Crippen LogP contribution in [0.2, 0.25) is 0 Å². The first kappa shape index (κ1) is 11.4. The van der Waals surface area contributed by atoms with Crippen LogP contribution in [-0.4, -0.2) is 31.0 Å². The maximum atomic E-state index is 9.32. The molecule has 0 spiro atoms. The molecule has 3 nitrogen and oxygen atoms in total. The van der Waals surface area contributed by atoms with E-state index in [9.17, 15) is 5.11 Å². The Hall–Kier alpha value is -1.06. The normalized spacial score (nSPS) is 16.9. The molecule has 0 unspecified atom stereocenters. The molecule has 1 aromatic rings. The Morgan fingerprint density at radius 3 is 2.75 bits per heavy atom. The fourth-order valence-corrected chi connectivity index (χ4v) is 1.56. The number of rotatable bonds is 4. The van der Waals surface area contributed by atoms with Gasteiger partial charge >= 0.3 is 0 Å². The van der Waals surface area contributed by atoms with E-state index in [2.05, 4.69) is 0 Å².